The van der Waals surface area contributed by atoms with E-state index in [4.69, 9.17) is 18.9 Å². The van der Waals surface area contributed by atoms with Crippen LogP contribution in [0, 0.1) is 0 Å². The number of aryl methyl sites for hydroxylation is 1. The average molecular weight is 431 g/mol. The first-order chi connectivity index (χ1) is 15.1. The highest BCUT2D eigenvalue weighted by Gasteiger charge is 2.13. The topological polar surface area (TPSA) is 69.3 Å². The second kappa shape index (κ2) is 12.7. The van der Waals surface area contributed by atoms with Crippen molar-refractivity contribution in [1.82, 2.24) is 4.90 Å². The van der Waals surface area contributed by atoms with Gasteiger partial charge in [0.25, 0.3) is 0 Å². The molecule has 0 saturated carbocycles. The van der Waals surface area contributed by atoms with Crippen LogP contribution < -0.4 is 24.3 Å². The fraction of sp³-hybridized carbons (Fsp3) is 0.458. The molecule has 0 heterocycles. The average Bonchev–Trinajstić information content (AvgIpc) is 2.80. The van der Waals surface area contributed by atoms with Crippen molar-refractivity contribution in [3.05, 3.63) is 42.0 Å². The van der Waals surface area contributed by atoms with Crippen molar-refractivity contribution in [2.24, 2.45) is 0 Å². The molecule has 0 aliphatic carbocycles. The van der Waals surface area contributed by atoms with E-state index in [9.17, 15) is 4.79 Å². The predicted octanol–water partition coefficient (Wildman–Crippen LogP) is 4.00. The van der Waals surface area contributed by atoms with Crippen LogP contribution in [0.15, 0.2) is 36.4 Å². The normalized spacial score (nSPS) is 10.6. The Bertz CT molecular complexity index is 837. The molecule has 31 heavy (non-hydrogen) atoms. The number of nitrogens with one attached hydrogen (secondary N) is 1. The molecule has 0 spiro atoms. The summed E-state index contributed by atoms with van der Waals surface area (Å²) in [6, 6.07) is 11.1. The van der Waals surface area contributed by atoms with E-state index >= 15 is 0 Å². The van der Waals surface area contributed by atoms with E-state index in [1.807, 2.05) is 18.2 Å². The SMILES string of the molecule is CCN(CC)CCOc1cc(NC(=O)CCc2cccc(OC)c2OC)ccc1OC. The Hall–Kier alpha value is -2.93. The van der Waals surface area contributed by atoms with Crippen molar-refractivity contribution in [3.63, 3.8) is 0 Å². The lowest BCUT2D eigenvalue weighted by molar-refractivity contribution is -0.116. The van der Waals surface area contributed by atoms with Crippen molar-refractivity contribution < 1.29 is 23.7 Å². The number of amides is 1. The van der Waals surface area contributed by atoms with E-state index in [-0.39, 0.29) is 5.91 Å². The smallest absolute Gasteiger partial charge is 0.224 e. The molecule has 1 amide bonds. The maximum atomic E-state index is 12.5. The molecule has 0 unspecified atom stereocenters. The molecule has 0 saturated heterocycles. The molecule has 0 bridgehead atoms. The number of hydrogen-bond acceptors (Lipinski definition) is 6. The van der Waals surface area contributed by atoms with E-state index in [0.717, 1.165) is 25.2 Å². The summed E-state index contributed by atoms with van der Waals surface area (Å²) in [6.07, 6.45) is 0.850. The summed E-state index contributed by atoms with van der Waals surface area (Å²) in [4.78, 5) is 14.8. The minimum Gasteiger partial charge on any atom is -0.493 e. The van der Waals surface area contributed by atoms with Crippen LogP contribution in [-0.2, 0) is 11.2 Å². The van der Waals surface area contributed by atoms with Crippen molar-refractivity contribution in [3.8, 4) is 23.0 Å². The zero-order chi connectivity index (χ0) is 22.6. The highest BCUT2D eigenvalue weighted by atomic mass is 16.5. The molecule has 7 nitrogen and oxygen atoms in total. The van der Waals surface area contributed by atoms with Gasteiger partial charge in [0.2, 0.25) is 5.91 Å². The molecule has 7 heteroatoms. The number of carbonyl (C=O) groups excluding carboxylic acids is 1. The minimum atomic E-state index is -0.0934. The zero-order valence-electron chi connectivity index (χ0n) is 19.2. The first-order valence-corrected chi connectivity index (χ1v) is 10.6. The predicted molar refractivity (Wildman–Crippen MR) is 123 cm³/mol. The van der Waals surface area contributed by atoms with Crippen LogP contribution in [0.25, 0.3) is 0 Å². The summed E-state index contributed by atoms with van der Waals surface area (Å²) in [6.45, 7) is 7.58. The summed E-state index contributed by atoms with van der Waals surface area (Å²) >= 11 is 0. The third-order valence-electron chi connectivity index (χ3n) is 5.11. The second-order valence-electron chi connectivity index (χ2n) is 6.94. The van der Waals surface area contributed by atoms with Gasteiger partial charge in [0.05, 0.1) is 21.3 Å². The zero-order valence-corrected chi connectivity index (χ0v) is 19.2. The molecule has 1 N–H and O–H groups in total. The molecule has 0 aliphatic heterocycles. The molecule has 0 radical (unpaired) electrons. The van der Waals surface area contributed by atoms with Gasteiger partial charge in [-0.25, -0.2) is 0 Å². The summed E-state index contributed by atoms with van der Waals surface area (Å²) in [5, 5.41) is 2.93. The maximum Gasteiger partial charge on any atom is 0.224 e. The molecule has 170 valence electrons. The van der Waals surface area contributed by atoms with Gasteiger partial charge in [0, 0.05) is 24.7 Å². The Morgan fingerprint density at radius 3 is 2.32 bits per heavy atom. The lowest BCUT2D eigenvalue weighted by atomic mass is 10.1. The quantitative estimate of drug-likeness (QED) is 0.518. The van der Waals surface area contributed by atoms with Crippen molar-refractivity contribution in [2.75, 3.05) is 52.9 Å². The Labute approximate surface area is 185 Å². The monoisotopic (exact) mass is 430 g/mol. The van der Waals surface area contributed by atoms with Crippen LogP contribution >= 0.6 is 0 Å². The molecular weight excluding hydrogens is 396 g/mol. The number of rotatable bonds is 13. The van der Waals surface area contributed by atoms with Gasteiger partial charge in [-0.2, -0.15) is 0 Å². The van der Waals surface area contributed by atoms with Gasteiger partial charge in [0.1, 0.15) is 6.61 Å². The number of anilines is 1. The minimum absolute atomic E-state index is 0.0934. The summed E-state index contributed by atoms with van der Waals surface area (Å²) < 4.78 is 22.1. The number of likely N-dealkylation sites (N-methyl/N-ethyl adjacent to an activating group) is 1. The number of carbonyl (C=O) groups is 1. The molecule has 0 fully saturated rings. The van der Waals surface area contributed by atoms with Crippen molar-refractivity contribution in [1.29, 1.82) is 0 Å². The number of benzene rings is 2. The van der Waals surface area contributed by atoms with Gasteiger partial charge in [0.15, 0.2) is 23.0 Å². The van der Waals surface area contributed by atoms with Crippen LogP contribution in [0.5, 0.6) is 23.0 Å². The van der Waals surface area contributed by atoms with Crippen LogP contribution in [0.1, 0.15) is 25.8 Å². The van der Waals surface area contributed by atoms with Crippen molar-refractivity contribution >= 4 is 11.6 Å². The van der Waals surface area contributed by atoms with Gasteiger partial charge in [-0.15, -0.1) is 0 Å². The van der Waals surface area contributed by atoms with Gasteiger partial charge < -0.3 is 29.2 Å². The number of methoxy groups -OCH3 is 3. The molecule has 2 rings (SSSR count). The molecule has 2 aromatic carbocycles. The molecule has 0 aromatic heterocycles. The molecular formula is C24H34N2O5. The fourth-order valence-electron chi connectivity index (χ4n) is 3.31. The fourth-order valence-corrected chi connectivity index (χ4v) is 3.31. The Kier molecular flexibility index (Phi) is 9.97. The van der Waals surface area contributed by atoms with Crippen LogP contribution in [0.2, 0.25) is 0 Å². The van der Waals surface area contributed by atoms with E-state index in [1.165, 1.54) is 0 Å². The van der Waals surface area contributed by atoms with Crippen LogP contribution in [-0.4, -0.2) is 58.4 Å². The van der Waals surface area contributed by atoms with E-state index in [0.29, 0.717) is 48.1 Å². The standard InChI is InChI=1S/C24H34N2O5/c1-6-26(7-2)15-16-31-22-17-19(12-13-20(22)28-3)25-23(27)14-11-18-9-8-10-21(29-4)24(18)30-5/h8-10,12-13,17H,6-7,11,14-16H2,1-5H3,(H,25,27). The van der Waals surface area contributed by atoms with Gasteiger partial charge >= 0.3 is 0 Å². The molecule has 2 aromatic rings. The molecule has 0 atom stereocenters. The number of para-hydroxylation sites is 1. The highest BCUT2D eigenvalue weighted by molar-refractivity contribution is 5.91. The Balaban J connectivity index is 1.98. The lowest BCUT2D eigenvalue weighted by Crippen LogP contribution is -2.28. The lowest BCUT2D eigenvalue weighted by Gasteiger charge is -2.19. The van der Waals surface area contributed by atoms with Crippen LogP contribution in [0.4, 0.5) is 5.69 Å². The van der Waals surface area contributed by atoms with Crippen molar-refractivity contribution in [2.45, 2.75) is 26.7 Å². The summed E-state index contributed by atoms with van der Waals surface area (Å²) in [5.74, 6) is 2.47. The summed E-state index contributed by atoms with van der Waals surface area (Å²) in [5.41, 5.74) is 1.59. The van der Waals surface area contributed by atoms with Gasteiger partial charge in [-0.3, -0.25) is 4.79 Å². The van der Waals surface area contributed by atoms with E-state index < -0.39 is 0 Å². The van der Waals surface area contributed by atoms with Gasteiger partial charge in [-0.1, -0.05) is 26.0 Å². The largest absolute Gasteiger partial charge is 0.493 e. The third kappa shape index (κ3) is 7.07. The van der Waals surface area contributed by atoms with Gasteiger partial charge in [-0.05, 0) is 43.3 Å². The van der Waals surface area contributed by atoms with Crippen LogP contribution in [0.3, 0.4) is 0 Å². The van der Waals surface area contributed by atoms with E-state index in [2.05, 4.69) is 24.1 Å². The first kappa shape index (κ1) is 24.3. The number of nitrogens with zero attached hydrogens (tertiary/aromatic N) is 1. The first-order valence-electron chi connectivity index (χ1n) is 10.6. The highest BCUT2D eigenvalue weighted by Crippen LogP contribution is 2.32. The maximum absolute atomic E-state index is 12.5. The molecule has 0 aliphatic rings. The second-order valence-corrected chi connectivity index (χ2v) is 6.94. The Morgan fingerprint density at radius 2 is 1.68 bits per heavy atom. The Morgan fingerprint density at radius 1 is 0.935 bits per heavy atom. The number of ether oxygens (including phenoxy) is 4. The third-order valence-corrected chi connectivity index (χ3v) is 5.11. The van der Waals surface area contributed by atoms with E-state index in [1.54, 1.807) is 39.5 Å². The number of hydrogen-bond donors (Lipinski definition) is 1. The summed E-state index contributed by atoms with van der Waals surface area (Å²) in [7, 11) is 4.80.